The Morgan fingerprint density at radius 1 is 1.47 bits per heavy atom. The first-order valence-electron chi connectivity index (χ1n) is 5.84. The third-order valence-corrected chi connectivity index (χ3v) is 2.93. The van der Waals surface area contributed by atoms with Gasteiger partial charge < -0.3 is 10.6 Å². The van der Waals surface area contributed by atoms with E-state index >= 15 is 0 Å². The van der Waals surface area contributed by atoms with Gasteiger partial charge in [0.2, 0.25) is 0 Å². The Balaban J connectivity index is 2.14. The lowest BCUT2D eigenvalue weighted by atomic mass is 10.4. The Kier molecular flexibility index (Phi) is 6.29. The first kappa shape index (κ1) is 14.3. The average Bonchev–Trinajstić information content (AvgIpc) is 2.61. The zero-order chi connectivity index (χ0) is 12.7. The van der Waals surface area contributed by atoms with Gasteiger partial charge in [-0.15, -0.1) is 0 Å². The summed E-state index contributed by atoms with van der Waals surface area (Å²) in [5.41, 5.74) is 0.875. The predicted octanol–water partition coefficient (Wildman–Crippen LogP) is 2.11. The van der Waals surface area contributed by atoms with Gasteiger partial charge in [0.15, 0.2) is 5.11 Å². The lowest BCUT2D eigenvalue weighted by molar-refractivity contribution is 0.568. The van der Waals surface area contributed by atoms with Crippen molar-refractivity contribution in [1.82, 2.24) is 20.4 Å². The van der Waals surface area contributed by atoms with Gasteiger partial charge in [0.1, 0.15) is 0 Å². The second-order valence-electron chi connectivity index (χ2n) is 3.86. The molecule has 0 saturated carbocycles. The van der Waals surface area contributed by atoms with Crippen molar-refractivity contribution in [2.75, 3.05) is 13.1 Å². The van der Waals surface area contributed by atoms with Crippen LogP contribution in [0.5, 0.6) is 0 Å². The van der Waals surface area contributed by atoms with Crippen molar-refractivity contribution in [1.29, 1.82) is 0 Å². The molecule has 0 spiro atoms. The highest BCUT2D eigenvalue weighted by molar-refractivity contribution is 7.80. The zero-order valence-corrected chi connectivity index (χ0v) is 11.9. The average molecular weight is 275 g/mol. The number of rotatable bonds is 6. The van der Waals surface area contributed by atoms with Crippen LogP contribution in [-0.2, 0) is 6.54 Å². The summed E-state index contributed by atoms with van der Waals surface area (Å²) in [6.07, 6.45) is 3.89. The molecule has 0 bridgehead atoms. The molecule has 0 aromatic carbocycles. The molecule has 4 nitrogen and oxygen atoms in total. The van der Waals surface area contributed by atoms with E-state index in [2.05, 4.69) is 22.7 Å². The van der Waals surface area contributed by atoms with Gasteiger partial charge in [-0.2, -0.15) is 5.10 Å². The summed E-state index contributed by atoms with van der Waals surface area (Å²) < 4.78 is 1.86. The molecule has 0 radical (unpaired) electrons. The van der Waals surface area contributed by atoms with Gasteiger partial charge in [-0.05, 0) is 32.0 Å². The summed E-state index contributed by atoms with van der Waals surface area (Å²) >= 11 is 11.0. The second-order valence-corrected chi connectivity index (χ2v) is 4.68. The molecule has 0 fully saturated rings. The molecular formula is C11H19ClN4S. The molecule has 0 amide bonds. The normalized spacial score (nSPS) is 10.3. The third kappa shape index (κ3) is 5.37. The van der Waals surface area contributed by atoms with E-state index in [9.17, 15) is 0 Å². The van der Waals surface area contributed by atoms with Gasteiger partial charge >= 0.3 is 0 Å². The van der Waals surface area contributed by atoms with E-state index in [0.29, 0.717) is 0 Å². The van der Waals surface area contributed by atoms with Crippen molar-refractivity contribution in [3.8, 4) is 0 Å². The Morgan fingerprint density at radius 3 is 2.76 bits per heavy atom. The van der Waals surface area contributed by atoms with Gasteiger partial charge in [-0.1, -0.05) is 18.5 Å². The van der Waals surface area contributed by atoms with E-state index in [4.69, 9.17) is 23.8 Å². The molecule has 0 aliphatic heterocycles. The molecular weight excluding hydrogens is 256 g/mol. The minimum absolute atomic E-state index is 0.720. The highest BCUT2D eigenvalue weighted by Crippen LogP contribution is 2.11. The molecule has 0 aliphatic carbocycles. The van der Waals surface area contributed by atoms with Crippen molar-refractivity contribution in [3.63, 3.8) is 0 Å². The Bertz CT molecular complexity index is 345. The molecule has 1 aromatic heterocycles. The van der Waals surface area contributed by atoms with E-state index in [1.54, 1.807) is 0 Å². The molecule has 96 valence electrons. The van der Waals surface area contributed by atoms with Crippen molar-refractivity contribution in [2.45, 2.75) is 33.2 Å². The molecule has 0 unspecified atom stereocenters. The molecule has 0 aliphatic rings. The standard InChI is InChI=1S/C11H19ClN4S/c1-3-5-13-11(17)14-6-4-7-16-8-10(12)9(2)15-16/h8H,3-7H2,1-2H3,(H2,13,14,17). The van der Waals surface area contributed by atoms with Crippen molar-refractivity contribution in [3.05, 3.63) is 16.9 Å². The molecule has 0 saturated heterocycles. The van der Waals surface area contributed by atoms with Crippen LogP contribution in [0.3, 0.4) is 0 Å². The summed E-state index contributed by atoms with van der Waals surface area (Å²) in [5, 5.41) is 12.0. The van der Waals surface area contributed by atoms with Gasteiger partial charge in [0, 0.05) is 25.8 Å². The smallest absolute Gasteiger partial charge is 0.166 e. The van der Waals surface area contributed by atoms with E-state index < -0.39 is 0 Å². The number of aromatic nitrogens is 2. The van der Waals surface area contributed by atoms with E-state index in [0.717, 1.165) is 48.3 Å². The Labute approximate surface area is 113 Å². The van der Waals surface area contributed by atoms with E-state index in [-0.39, 0.29) is 0 Å². The van der Waals surface area contributed by atoms with Crippen LogP contribution in [0.15, 0.2) is 6.20 Å². The highest BCUT2D eigenvalue weighted by Gasteiger charge is 2.01. The summed E-state index contributed by atoms with van der Waals surface area (Å²) in [6, 6.07) is 0. The third-order valence-electron chi connectivity index (χ3n) is 2.27. The first-order chi connectivity index (χ1) is 8.13. The SMILES string of the molecule is CCCNC(=S)NCCCn1cc(Cl)c(C)n1. The maximum Gasteiger partial charge on any atom is 0.166 e. The van der Waals surface area contributed by atoms with Crippen LogP contribution in [0.25, 0.3) is 0 Å². The fraction of sp³-hybridized carbons (Fsp3) is 0.636. The van der Waals surface area contributed by atoms with Gasteiger partial charge in [-0.25, -0.2) is 0 Å². The van der Waals surface area contributed by atoms with Crippen molar-refractivity contribution < 1.29 is 0 Å². The Morgan fingerprint density at radius 2 is 2.18 bits per heavy atom. The molecule has 1 heterocycles. The van der Waals surface area contributed by atoms with Crippen molar-refractivity contribution >= 4 is 28.9 Å². The van der Waals surface area contributed by atoms with E-state index in [1.807, 2.05) is 17.8 Å². The number of thiocarbonyl (C=S) groups is 1. The number of nitrogens with one attached hydrogen (secondary N) is 2. The predicted molar refractivity (Wildman–Crippen MR) is 75.5 cm³/mol. The molecule has 2 N–H and O–H groups in total. The summed E-state index contributed by atoms with van der Waals surface area (Å²) in [6.45, 7) is 6.61. The first-order valence-corrected chi connectivity index (χ1v) is 6.63. The number of hydrogen-bond acceptors (Lipinski definition) is 2. The van der Waals surface area contributed by atoms with Crippen LogP contribution in [0.1, 0.15) is 25.5 Å². The fourth-order valence-electron chi connectivity index (χ4n) is 1.35. The van der Waals surface area contributed by atoms with Gasteiger partial charge in [0.05, 0.1) is 10.7 Å². The van der Waals surface area contributed by atoms with Crippen LogP contribution in [0.2, 0.25) is 5.02 Å². The van der Waals surface area contributed by atoms with Crippen molar-refractivity contribution in [2.24, 2.45) is 0 Å². The molecule has 0 atom stereocenters. The van der Waals surface area contributed by atoms with Crippen LogP contribution >= 0.6 is 23.8 Å². The van der Waals surface area contributed by atoms with Crippen LogP contribution in [-0.4, -0.2) is 28.0 Å². The fourth-order valence-corrected chi connectivity index (χ4v) is 1.71. The van der Waals surface area contributed by atoms with Crippen LogP contribution < -0.4 is 10.6 Å². The quantitative estimate of drug-likeness (QED) is 0.616. The lowest BCUT2D eigenvalue weighted by Crippen LogP contribution is -2.36. The second kappa shape index (κ2) is 7.50. The molecule has 17 heavy (non-hydrogen) atoms. The minimum atomic E-state index is 0.720. The monoisotopic (exact) mass is 274 g/mol. The van der Waals surface area contributed by atoms with Gasteiger partial charge in [0.25, 0.3) is 0 Å². The summed E-state index contributed by atoms with van der Waals surface area (Å²) in [5.74, 6) is 0. The zero-order valence-electron chi connectivity index (χ0n) is 10.3. The number of aryl methyl sites for hydroxylation is 2. The molecule has 1 rings (SSSR count). The highest BCUT2D eigenvalue weighted by atomic mass is 35.5. The van der Waals surface area contributed by atoms with Gasteiger partial charge in [-0.3, -0.25) is 4.68 Å². The molecule has 1 aromatic rings. The van der Waals surface area contributed by atoms with E-state index in [1.165, 1.54) is 0 Å². The maximum absolute atomic E-state index is 5.92. The number of nitrogens with zero attached hydrogens (tertiary/aromatic N) is 2. The van der Waals surface area contributed by atoms with Crippen LogP contribution in [0, 0.1) is 6.92 Å². The number of hydrogen-bond donors (Lipinski definition) is 2. The Hall–Kier alpha value is -0.810. The number of halogens is 1. The topological polar surface area (TPSA) is 41.9 Å². The van der Waals surface area contributed by atoms with Crippen LogP contribution in [0.4, 0.5) is 0 Å². The summed E-state index contributed by atoms with van der Waals surface area (Å²) in [7, 11) is 0. The maximum atomic E-state index is 5.92. The largest absolute Gasteiger partial charge is 0.363 e. The summed E-state index contributed by atoms with van der Waals surface area (Å²) in [4.78, 5) is 0. The minimum Gasteiger partial charge on any atom is -0.363 e. The molecule has 6 heteroatoms. The lowest BCUT2D eigenvalue weighted by Gasteiger charge is -2.09.